The van der Waals surface area contributed by atoms with Gasteiger partial charge in [0.25, 0.3) is 0 Å². The molecule has 1 saturated heterocycles. The molecular weight excluding hydrogens is 252 g/mol. The van der Waals surface area contributed by atoms with Crippen LogP contribution < -0.4 is 0 Å². The van der Waals surface area contributed by atoms with E-state index < -0.39 is 10.8 Å². The minimum atomic E-state index is -0.676. The maximum Gasteiger partial charge on any atom is 0.312 e. The highest BCUT2D eigenvalue weighted by Crippen LogP contribution is 2.49. The maximum atomic E-state index is 12.0. The molecule has 1 fully saturated rings. The van der Waals surface area contributed by atoms with Crippen LogP contribution in [-0.4, -0.2) is 26.3 Å². The number of ether oxygens (including phenoxy) is 2. The first-order valence-corrected chi connectivity index (χ1v) is 6.25. The number of methoxy groups -OCH3 is 1. The number of benzene rings is 1. The minimum Gasteiger partial charge on any atom is -0.469 e. The van der Waals surface area contributed by atoms with Crippen LogP contribution in [0.25, 0.3) is 0 Å². The lowest BCUT2D eigenvalue weighted by Gasteiger charge is -2.51. The summed E-state index contributed by atoms with van der Waals surface area (Å²) in [7, 11) is 1.41. The summed E-state index contributed by atoms with van der Waals surface area (Å²) >= 11 is 6.27. The Balaban J connectivity index is 2.50. The van der Waals surface area contributed by atoms with E-state index in [-0.39, 0.29) is 5.97 Å². The van der Waals surface area contributed by atoms with Gasteiger partial charge in [-0.2, -0.15) is 0 Å². The van der Waals surface area contributed by atoms with Crippen LogP contribution in [0, 0.1) is 5.41 Å². The zero-order valence-corrected chi connectivity index (χ0v) is 11.6. The summed E-state index contributed by atoms with van der Waals surface area (Å²) in [6.07, 6.45) is 0. The maximum absolute atomic E-state index is 12.0. The zero-order valence-electron chi connectivity index (χ0n) is 10.8. The first-order valence-electron chi connectivity index (χ1n) is 5.87. The number of halogens is 1. The molecule has 0 spiro atoms. The summed E-state index contributed by atoms with van der Waals surface area (Å²) in [4.78, 5) is 12.0. The van der Waals surface area contributed by atoms with Crippen LogP contribution in [0.4, 0.5) is 0 Å². The second-order valence-electron chi connectivity index (χ2n) is 5.17. The highest BCUT2D eigenvalue weighted by atomic mass is 35.5. The van der Waals surface area contributed by atoms with Gasteiger partial charge >= 0.3 is 5.97 Å². The molecule has 0 atom stereocenters. The van der Waals surface area contributed by atoms with Crippen molar-refractivity contribution >= 4 is 17.6 Å². The topological polar surface area (TPSA) is 35.5 Å². The molecule has 0 unspecified atom stereocenters. The van der Waals surface area contributed by atoms with Gasteiger partial charge in [-0.25, -0.2) is 0 Å². The van der Waals surface area contributed by atoms with Crippen molar-refractivity contribution in [2.24, 2.45) is 5.41 Å². The van der Waals surface area contributed by atoms with Crippen LogP contribution in [0.5, 0.6) is 0 Å². The van der Waals surface area contributed by atoms with Gasteiger partial charge in [-0.1, -0.05) is 29.8 Å². The lowest BCUT2D eigenvalue weighted by molar-refractivity contribution is -0.174. The van der Waals surface area contributed by atoms with Crippen molar-refractivity contribution in [3.8, 4) is 0 Å². The summed E-state index contributed by atoms with van der Waals surface area (Å²) < 4.78 is 10.3. The van der Waals surface area contributed by atoms with Crippen LogP contribution in [0.3, 0.4) is 0 Å². The molecule has 1 heterocycles. The van der Waals surface area contributed by atoms with Gasteiger partial charge in [0, 0.05) is 5.02 Å². The predicted molar refractivity (Wildman–Crippen MR) is 69.7 cm³/mol. The average Bonchev–Trinajstić information content (AvgIpc) is 2.28. The molecule has 0 aromatic heterocycles. The second-order valence-corrected chi connectivity index (χ2v) is 5.58. The van der Waals surface area contributed by atoms with Crippen molar-refractivity contribution in [2.75, 3.05) is 20.3 Å². The normalized spacial score (nSPS) is 18.0. The van der Waals surface area contributed by atoms with E-state index in [9.17, 15) is 4.79 Å². The standard InChI is InChI=1S/C14H17ClO3/c1-13(2,12(16)17-3)14(8-18-9-14)10-6-4-5-7-11(10)15/h4-7H,8-9H2,1-3H3. The molecule has 1 aliphatic heterocycles. The Bertz CT molecular complexity index is 464. The first kappa shape index (κ1) is 13.4. The summed E-state index contributed by atoms with van der Waals surface area (Å²) in [5.41, 5.74) is -0.128. The molecule has 0 radical (unpaired) electrons. The van der Waals surface area contributed by atoms with Gasteiger partial charge in [-0.3, -0.25) is 4.79 Å². The molecule has 0 saturated carbocycles. The van der Waals surface area contributed by atoms with Crippen molar-refractivity contribution in [1.82, 2.24) is 0 Å². The SMILES string of the molecule is COC(=O)C(C)(C)C1(c2ccccc2Cl)COC1. The molecule has 1 aromatic rings. The number of hydrogen-bond acceptors (Lipinski definition) is 3. The molecule has 18 heavy (non-hydrogen) atoms. The van der Waals surface area contributed by atoms with E-state index in [0.29, 0.717) is 18.2 Å². The van der Waals surface area contributed by atoms with Crippen molar-refractivity contribution in [3.05, 3.63) is 34.9 Å². The molecule has 4 heteroatoms. The Kier molecular flexibility index (Phi) is 3.39. The van der Waals surface area contributed by atoms with Gasteiger partial charge in [-0.05, 0) is 25.5 Å². The van der Waals surface area contributed by atoms with E-state index in [1.165, 1.54) is 7.11 Å². The van der Waals surface area contributed by atoms with E-state index in [4.69, 9.17) is 21.1 Å². The average molecular weight is 269 g/mol. The fourth-order valence-corrected chi connectivity index (χ4v) is 2.78. The van der Waals surface area contributed by atoms with Gasteiger partial charge in [0.2, 0.25) is 0 Å². The molecular formula is C14H17ClO3. The molecule has 0 bridgehead atoms. The molecule has 1 aromatic carbocycles. The first-order chi connectivity index (χ1) is 8.45. The predicted octanol–water partition coefficient (Wildman–Crippen LogP) is 2.81. The van der Waals surface area contributed by atoms with E-state index in [1.807, 2.05) is 38.1 Å². The lowest BCUT2D eigenvalue weighted by atomic mass is 9.60. The fraction of sp³-hybridized carbons (Fsp3) is 0.500. The molecule has 2 rings (SSSR count). The minimum absolute atomic E-state index is 0.245. The third-order valence-corrected chi connectivity index (χ3v) is 4.31. The zero-order chi connectivity index (χ0) is 13.4. The van der Waals surface area contributed by atoms with E-state index >= 15 is 0 Å². The van der Waals surface area contributed by atoms with Crippen LogP contribution in [0.2, 0.25) is 5.02 Å². The molecule has 1 aliphatic rings. The third-order valence-electron chi connectivity index (χ3n) is 3.98. The van der Waals surface area contributed by atoms with Crippen molar-refractivity contribution in [1.29, 1.82) is 0 Å². The Hall–Kier alpha value is -1.06. The van der Waals surface area contributed by atoms with E-state index in [0.717, 1.165) is 5.56 Å². The molecule has 0 N–H and O–H groups in total. The molecule has 3 nitrogen and oxygen atoms in total. The summed E-state index contributed by atoms with van der Waals surface area (Å²) in [5.74, 6) is -0.245. The van der Waals surface area contributed by atoms with Gasteiger partial charge in [0.1, 0.15) is 0 Å². The number of carbonyl (C=O) groups is 1. The Labute approximate surface area is 112 Å². The lowest BCUT2D eigenvalue weighted by Crippen LogP contribution is -2.60. The Morgan fingerprint density at radius 3 is 2.44 bits per heavy atom. The van der Waals surface area contributed by atoms with Crippen molar-refractivity contribution in [2.45, 2.75) is 19.3 Å². The van der Waals surface area contributed by atoms with Gasteiger partial charge in [-0.15, -0.1) is 0 Å². The highest BCUT2D eigenvalue weighted by Gasteiger charge is 2.57. The largest absolute Gasteiger partial charge is 0.469 e. The molecule has 0 amide bonds. The van der Waals surface area contributed by atoms with Gasteiger partial charge in [0.05, 0.1) is 31.2 Å². The fourth-order valence-electron chi connectivity index (χ4n) is 2.46. The molecule has 0 aliphatic carbocycles. The van der Waals surface area contributed by atoms with Crippen LogP contribution in [0.15, 0.2) is 24.3 Å². The summed E-state index contributed by atoms with van der Waals surface area (Å²) in [5, 5.41) is 0.665. The van der Waals surface area contributed by atoms with Gasteiger partial charge in [0.15, 0.2) is 0 Å². The Morgan fingerprint density at radius 1 is 1.39 bits per heavy atom. The number of rotatable bonds is 3. The van der Waals surface area contributed by atoms with E-state index in [1.54, 1.807) is 0 Å². The smallest absolute Gasteiger partial charge is 0.312 e. The Morgan fingerprint density at radius 2 is 2.00 bits per heavy atom. The number of carbonyl (C=O) groups excluding carboxylic acids is 1. The second kappa shape index (κ2) is 4.56. The summed E-state index contributed by atoms with van der Waals surface area (Å²) in [6, 6.07) is 7.60. The quantitative estimate of drug-likeness (QED) is 0.791. The van der Waals surface area contributed by atoms with Gasteiger partial charge < -0.3 is 9.47 Å². The number of esters is 1. The molecule has 98 valence electrons. The van der Waals surface area contributed by atoms with Crippen molar-refractivity contribution < 1.29 is 14.3 Å². The van der Waals surface area contributed by atoms with E-state index in [2.05, 4.69) is 0 Å². The highest BCUT2D eigenvalue weighted by molar-refractivity contribution is 6.31. The van der Waals surface area contributed by atoms with Crippen LogP contribution >= 0.6 is 11.6 Å². The van der Waals surface area contributed by atoms with Crippen LogP contribution in [-0.2, 0) is 19.7 Å². The third kappa shape index (κ3) is 1.73. The number of hydrogen-bond donors (Lipinski definition) is 0. The van der Waals surface area contributed by atoms with Crippen molar-refractivity contribution in [3.63, 3.8) is 0 Å². The summed E-state index contributed by atoms with van der Waals surface area (Å²) in [6.45, 7) is 4.73. The monoisotopic (exact) mass is 268 g/mol. The van der Waals surface area contributed by atoms with Crippen LogP contribution in [0.1, 0.15) is 19.4 Å².